The van der Waals surface area contributed by atoms with Gasteiger partial charge >= 0.3 is 5.97 Å². The van der Waals surface area contributed by atoms with Crippen molar-refractivity contribution >= 4 is 5.97 Å². The third-order valence-electron chi connectivity index (χ3n) is 3.55. The lowest BCUT2D eigenvalue weighted by Crippen LogP contribution is -2.44. The molecule has 0 heterocycles. The zero-order chi connectivity index (χ0) is 11.4. The van der Waals surface area contributed by atoms with Crippen LogP contribution in [0.25, 0.3) is 0 Å². The van der Waals surface area contributed by atoms with Crippen LogP contribution in [0.3, 0.4) is 0 Å². The maximum absolute atomic E-state index is 11.2. The van der Waals surface area contributed by atoms with E-state index in [0.29, 0.717) is 6.04 Å². The zero-order valence-electron chi connectivity index (χ0n) is 10.1. The van der Waals surface area contributed by atoms with Gasteiger partial charge in [-0.1, -0.05) is 19.8 Å². The molecule has 0 aromatic carbocycles. The molecule has 1 aliphatic rings. The highest BCUT2D eigenvalue weighted by molar-refractivity contribution is 5.73. The number of hydrogen-bond acceptors (Lipinski definition) is 2. The molecule has 1 saturated carbocycles. The van der Waals surface area contributed by atoms with E-state index in [1.807, 2.05) is 7.05 Å². The number of likely N-dealkylation sites (N-methyl/N-ethyl adjacent to an activating group) is 1. The predicted molar refractivity (Wildman–Crippen MR) is 60.9 cm³/mol. The number of carboxylic acid groups (broad SMARTS) is 1. The fraction of sp³-hybridized carbons (Fsp3) is 0.917. The summed E-state index contributed by atoms with van der Waals surface area (Å²) in [4.78, 5) is 13.2. The second-order valence-corrected chi connectivity index (χ2v) is 4.74. The molecule has 0 amide bonds. The molecule has 15 heavy (non-hydrogen) atoms. The minimum absolute atomic E-state index is 0.291. The number of hydrogen-bond donors (Lipinski definition) is 1. The number of carboxylic acids is 1. The molecule has 1 aliphatic carbocycles. The van der Waals surface area contributed by atoms with Crippen LogP contribution >= 0.6 is 0 Å². The van der Waals surface area contributed by atoms with Gasteiger partial charge in [0.05, 0.1) is 0 Å². The standard InChI is InChI=1S/C12H23NO2/c1-4-5-6-11(12(14)15)13(3)9(2)10-7-8-10/h9-11H,4-8H2,1-3H3,(H,14,15). The predicted octanol–water partition coefficient (Wildman–Crippen LogP) is 2.36. The summed E-state index contributed by atoms with van der Waals surface area (Å²) in [6, 6.07) is 0.128. The molecule has 0 bridgehead atoms. The van der Waals surface area contributed by atoms with E-state index in [4.69, 9.17) is 0 Å². The molecule has 1 N–H and O–H groups in total. The lowest BCUT2D eigenvalue weighted by Gasteiger charge is -2.30. The van der Waals surface area contributed by atoms with Crippen LogP contribution in [0.15, 0.2) is 0 Å². The van der Waals surface area contributed by atoms with Crippen molar-refractivity contribution in [2.75, 3.05) is 7.05 Å². The number of unbranched alkanes of at least 4 members (excludes halogenated alkanes) is 1. The van der Waals surface area contributed by atoms with Crippen LogP contribution in [0.1, 0.15) is 46.0 Å². The lowest BCUT2D eigenvalue weighted by atomic mass is 10.1. The van der Waals surface area contributed by atoms with Crippen molar-refractivity contribution in [3.8, 4) is 0 Å². The summed E-state index contributed by atoms with van der Waals surface area (Å²) in [5.74, 6) is 0.0666. The van der Waals surface area contributed by atoms with Crippen molar-refractivity contribution in [3.63, 3.8) is 0 Å². The topological polar surface area (TPSA) is 40.5 Å². The quantitative estimate of drug-likeness (QED) is 0.705. The van der Waals surface area contributed by atoms with Gasteiger partial charge in [-0.25, -0.2) is 0 Å². The summed E-state index contributed by atoms with van der Waals surface area (Å²) < 4.78 is 0. The number of carbonyl (C=O) groups is 1. The molecule has 2 atom stereocenters. The van der Waals surface area contributed by atoms with E-state index in [9.17, 15) is 9.90 Å². The molecule has 0 aromatic heterocycles. The van der Waals surface area contributed by atoms with Gasteiger partial charge in [-0.15, -0.1) is 0 Å². The van der Waals surface area contributed by atoms with Gasteiger partial charge in [0.2, 0.25) is 0 Å². The Labute approximate surface area is 92.5 Å². The van der Waals surface area contributed by atoms with E-state index in [1.165, 1.54) is 12.8 Å². The van der Waals surface area contributed by atoms with E-state index in [2.05, 4.69) is 18.7 Å². The van der Waals surface area contributed by atoms with Gasteiger partial charge in [0.1, 0.15) is 6.04 Å². The number of nitrogens with zero attached hydrogens (tertiary/aromatic N) is 1. The van der Waals surface area contributed by atoms with E-state index in [1.54, 1.807) is 0 Å². The van der Waals surface area contributed by atoms with Crippen LogP contribution in [0.5, 0.6) is 0 Å². The third-order valence-corrected chi connectivity index (χ3v) is 3.55. The van der Waals surface area contributed by atoms with Crippen molar-refractivity contribution in [2.24, 2.45) is 5.92 Å². The first-order valence-corrected chi connectivity index (χ1v) is 6.02. The minimum atomic E-state index is -0.668. The summed E-state index contributed by atoms with van der Waals surface area (Å²) >= 11 is 0. The molecule has 88 valence electrons. The van der Waals surface area contributed by atoms with Crippen LogP contribution in [0, 0.1) is 5.92 Å². The molecule has 2 unspecified atom stereocenters. The van der Waals surface area contributed by atoms with Gasteiger partial charge in [-0.05, 0) is 39.2 Å². The molecular formula is C12H23NO2. The molecule has 3 heteroatoms. The van der Waals surface area contributed by atoms with Crippen molar-refractivity contribution in [3.05, 3.63) is 0 Å². The fourth-order valence-corrected chi connectivity index (χ4v) is 2.09. The molecule has 0 aromatic rings. The summed E-state index contributed by atoms with van der Waals surface area (Å²) in [6.45, 7) is 4.25. The van der Waals surface area contributed by atoms with Crippen LogP contribution < -0.4 is 0 Å². The maximum atomic E-state index is 11.2. The third kappa shape index (κ3) is 3.49. The van der Waals surface area contributed by atoms with Crippen molar-refractivity contribution in [1.29, 1.82) is 0 Å². The van der Waals surface area contributed by atoms with Crippen molar-refractivity contribution in [2.45, 2.75) is 58.0 Å². The Morgan fingerprint density at radius 3 is 2.53 bits per heavy atom. The maximum Gasteiger partial charge on any atom is 0.320 e. The summed E-state index contributed by atoms with van der Waals surface area (Å²) in [6.07, 6.45) is 5.38. The Hall–Kier alpha value is -0.570. The van der Waals surface area contributed by atoms with Gasteiger partial charge in [0.25, 0.3) is 0 Å². The molecular weight excluding hydrogens is 190 g/mol. The highest BCUT2D eigenvalue weighted by atomic mass is 16.4. The molecule has 3 nitrogen and oxygen atoms in total. The monoisotopic (exact) mass is 213 g/mol. The lowest BCUT2D eigenvalue weighted by molar-refractivity contribution is -0.144. The van der Waals surface area contributed by atoms with E-state index < -0.39 is 5.97 Å². The Morgan fingerprint density at radius 1 is 1.53 bits per heavy atom. The molecule has 1 rings (SSSR count). The number of rotatable bonds is 7. The summed E-state index contributed by atoms with van der Waals surface area (Å²) in [5, 5.41) is 9.18. The van der Waals surface area contributed by atoms with Gasteiger partial charge in [-0.2, -0.15) is 0 Å². The second-order valence-electron chi connectivity index (χ2n) is 4.74. The SMILES string of the molecule is CCCCC(C(=O)O)N(C)C(C)C1CC1. The minimum Gasteiger partial charge on any atom is -0.480 e. The Morgan fingerprint density at radius 2 is 2.13 bits per heavy atom. The fourth-order valence-electron chi connectivity index (χ4n) is 2.09. The Bertz CT molecular complexity index is 214. The molecule has 0 saturated heterocycles. The summed E-state index contributed by atoms with van der Waals surface area (Å²) in [7, 11) is 1.96. The van der Waals surface area contributed by atoms with Crippen LogP contribution in [0.2, 0.25) is 0 Å². The van der Waals surface area contributed by atoms with Crippen molar-refractivity contribution < 1.29 is 9.90 Å². The van der Waals surface area contributed by atoms with Crippen LogP contribution in [-0.2, 0) is 4.79 Å². The molecule has 0 radical (unpaired) electrons. The van der Waals surface area contributed by atoms with E-state index in [0.717, 1.165) is 25.2 Å². The highest BCUT2D eigenvalue weighted by Gasteiger charge is 2.35. The summed E-state index contributed by atoms with van der Waals surface area (Å²) in [5.41, 5.74) is 0. The second kappa shape index (κ2) is 5.50. The normalized spacial score (nSPS) is 20.3. The van der Waals surface area contributed by atoms with Gasteiger partial charge in [0.15, 0.2) is 0 Å². The first-order chi connectivity index (χ1) is 7.07. The van der Waals surface area contributed by atoms with Gasteiger partial charge in [0, 0.05) is 6.04 Å². The number of aliphatic carboxylic acids is 1. The molecule has 0 aliphatic heterocycles. The van der Waals surface area contributed by atoms with Crippen LogP contribution in [0.4, 0.5) is 0 Å². The van der Waals surface area contributed by atoms with Gasteiger partial charge in [-0.3, -0.25) is 9.69 Å². The zero-order valence-corrected chi connectivity index (χ0v) is 10.1. The molecule has 0 spiro atoms. The highest BCUT2D eigenvalue weighted by Crippen LogP contribution is 2.35. The van der Waals surface area contributed by atoms with Crippen LogP contribution in [-0.4, -0.2) is 35.1 Å². The average molecular weight is 213 g/mol. The van der Waals surface area contributed by atoms with Gasteiger partial charge < -0.3 is 5.11 Å². The first kappa shape index (κ1) is 12.5. The van der Waals surface area contributed by atoms with Crippen molar-refractivity contribution in [1.82, 2.24) is 4.90 Å². The van der Waals surface area contributed by atoms with E-state index >= 15 is 0 Å². The first-order valence-electron chi connectivity index (χ1n) is 6.02. The molecule has 1 fully saturated rings. The Kier molecular flexibility index (Phi) is 4.58. The average Bonchev–Trinajstić information content (AvgIpc) is 2.99. The van der Waals surface area contributed by atoms with E-state index in [-0.39, 0.29) is 6.04 Å². The Balaban J connectivity index is 2.48. The largest absolute Gasteiger partial charge is 0.480 e. The smallest absolute Gasteiger partial charge is 0.320 e.